The molecule has 0 aliphatic carbocycles. The van der Waals surface area contributed by atoms with Gasteiger partial charge >= 0.3 is 0 Å². The predicted molar refractivity (Wildman–Crippen MR) is 84.0 cm³/mol. The second-order valence-corrected chi connectivity index (χ2v) is 5.93. The molecular formula is C17H28N2O. The molecule has 1 saturated heterocycles. The van der Waals surface area contributed by atoms with Gasteiger partial charge in [-0.1, -0.05) is 12.1 Å². The highest BCUT2D eigenvalue weighted by molar-refractivity contribution is 5.29. The van der Waals surface area contributed by atoms with Crippen LogP contribution < -0.4 is 10.5 Å². The van der Waals surface area contributed by atoms with Crippen LogP contribution in [0.15, 0.2) is 24.3 Å². The first-order chi connectivity index (χ1) is 9.61. The highest BCUT2D eigenvalue weighted by atomic mass is 16.5. The lowest BCUT2D eigenvalue weighted by atomic mass is 9.90. The maximum absolute atomic E-state index is 6.08. The van der Waals surface area contributed by atoms with Crippen LogP contribution in [0.4, 0.5) is 0 Å². The van der Waals surface area contributed by atoms with Crippen LogP contribution in [-0.4, -0.2) is 30.6 Å². The summed E-state index contributed by atoms with van der Waals surface area (Å²) in [5.74, 6) is 1.59. The Balaban J connectivity index is 2.00. The van der Waals surface area contributed by atoms with Gasteiger partial charge in [0.05, 0.1) is 6.61 Å². The van der Waals surface area contributed by atoms with E-state index in [9.17, 15) is 0 Å². The molecule has 3 heteroatoms. The van der Waals surface area contributed by atoms with Gasteiger partial charge in [0.1, 0.15) is 5.75 Å². The Morgan fingerprint density at radius 3 is 2.60 bits per heavy atom. The van der Waals surface area contributed by atoms with Crippen molar-refractivity contribution < 1.29 is 4.74 Å². The van der Waals surface area contributed by atoms with Crippen LogP contribution >= 0.6 is 0 Å². The summed E-state index contributed by atoms with van der Waals surface area (Å²) in [6.07, 6.45) is 2.53. The first-order valence-electron chi connectivity index (χ1n) is 7.84. The molecule has 1 heterocycles. The second-order valence-electron chi connectivity index (χ2n) is 5.93. The van der Waals surface area contributed by atoms with Crippen LogP contribution in [0.2, 0.25) is 0 Å². The standard InChI is InChI=1S/C17H28N2O/c1-4-20-17-9-7-15(8-10-17)14(3)19-11-5-6-16(12-19)13(2)18/h7-10,13-14,16H,4-6,11-12,18H2,1-3H3. The van der Waals surface area contributed by atoms with E-state index in [1.807, 2.05) is 6.92 Å². The SMILES string of the molecule is CCOc1ccc(C(C)N2CCCC(C(C)N)C2)cc1. The minimum absolute atomic E-state index is 0.297. The molecule has 0 amide bonds. The van der Waals surface area contributed by atoms with Crippen LogP contribution in [-0.2, 0) is 0 Å². The number of nitrogens with two attached hydrogens (primary N) is 1. The van der Waals surface area contributed by atoms with Crippen molar-refractivity contribution in [2.75, 3.05) is 19.7 Å². The first-order valence-corrected chi connectivity index (χ1v) is 7.84. The molecule has 3 unspecified atom stereocenters. The molecule has 1 aliphatic rings. The van der Waals surface area contributed by atoms with Crippen LogP contribution in [0.5, 0.6) is 5.75 Å². The Hall–Kier alpha value is -1.06. The minimum atomic E-state index is 0.297. The third-order valence-electron chi connectivity index (χ3n) is 4.45. The predicted octanol–water partition coefficient (Wildman–Crippen LogP) is 3.21. The van der Waals surface area contributed by atoms with E-state index in [1.165, 1.54) is 24.9 Å². The summed E-state index contributed by atoms with van der Waals surface area (Å²) in [5, 5.41) is 0. The number of piperidine rings is 1. The smallest absolute Gasteiger partial charge is 0.119 e. The lowest BCUT2D eigenvalue weighted by molar-refractivity contribution is 0.121. The molecule has 1 fully saturated rings. The fraction of sp³-hybridized carbons (Fsp3) is 0.647. The summed E-state index contributed by atoms with van der Waals surface area (Å²) >= 11 is 0. The molecular weight excluding hydrogens is 248 g/mol. The summed E-state index contributed by atoms with van der Waals surface area (Å²) in [4.78, 5) is 2.56. The summed E-state index contributed by atoms with van der Waals surface area (Å²) in [6, 6.07) is 9.26. The summed E-state index contributed by atoms with van der Waals surface area (Å²) in [7, 11) is 0. The minimum Gasteiger partial charge on any atom is -0.494 e. The van der Waals surface area contributed by atoms with E-state index in [4.69, 9.17) is 10.5 Å². The largest absolute Gasteiger partial charge is 0.494 e. The van der Waals surface area contributed by atoms with Crippen LogP contribution in [0.3, 0.4) is 0 Å². The molecule has 0 spiro atoms. The molecule has 0 bridgehead atoms. The van der Waals surface area contributed by atoms with Crippen molar-refractivity contribution in [2.24, 2.45) is 11.7 Å². The van der Waals surface area contributed by atoms with Gasteiger partial charge in [0.15, 0.2) is 0 Å². The van der Waals surface area contributed by atoms with Crippen molar-refractivity contribution in [2.45, 2.75) is 45.7 Å². The maximum atomic E-state index is 6.08. The molecule has 1 aliphatic heterocycles. The van der Waals surface area contributed by atoms with E-state index in [0.29, 0.717) is 18.0 Å². The second kappa shape index (κ2) is 7.09. The number of benzene rings is 1. The van der Waals surface area contributed by atoms with Crippen LogP contribution in [0, 0.1) is 5.92 Å². The van der Waals surface area contributed by atoms with Gasteiger partial charge in [-0.05, 0) is 63.8 Å². The molecule has 2 rings (SSSR count). The topological polar surface area (TPSA) is 38.5 Å². The Morgan fingerprint density at radius 2 is 2.00 bits per heavy atom. The van der Waals surface area contributed by atoms with Gasteiger partial charge in [-0.25, -0.2) is 0 Å². The molecule has 2 N–H and O–H groups in total. The third kappa shape index (κ3) is 3.74. The van der Waals surface area contributed by atoms with Crippen molar-refractivity contribution >= 4 is 0 Å². The quantitative estimate of drug-likeness (QED) is 0.897. The van der Waals surface area contributed by atoms with Gasteiger partial charge in [-0.3, -0.25) is 4.90 Å². The highest BCUT2D eigenvalue weighted by Crippen LogP contribution is 2.28. The van der Waals surface area contributed by atoms with Gasteiger partial charge in [-0.15, -0.1) is 0 Å². The molecule has 0 aromatic heterocycles. The fourth-order valence-corrected chi connectivity index (χ4v) is 3.04. The zero-order valence-electron chi connectivity index (χ0n) is 13.0. The average molecular weight is 276 g/mol. The number of hydrogen-bond donors (Lipinski definition) is 1. The van der Waals surface area contributed by atoms with Crippen LogP contribution in [0.1, 0.15) is 45.2 Å². The fourth-order valence-electron chi connectivity index (χ4n) is 3.04. The third-order valence-corrected chi connectivity index (χ3v) is 4.45. The average Bonchev–Trinajstić information content (AvgIpc) is 2.48. The lowest BCUT2D eigenvalue weighted by Gasteiger charge is -2.38. The van der Waals surface area contributed by atoms with Crippen LogP contribution in [0.25, 0.3) is 0 Å². The van der Waals surface area contributed by atoms with E-state index >= 15 is 0 Å². The van der Waals surface area contributed by atoms with E-state index in [0.717, 1.165) is 18.9 Å². The molecule has 1 aromatic rings. The number of ether oxygens (including phenoxy) is 1. The van der Waals surface area contributed by atoms with Gasteiger partial charge in [0.2, 0.25) is 0 Å². The van der Waals surface area contributed by atoms with E-state index < -0.39 is 0 Å². The van der Waals surface area contributed by atoms with Gasteiger partial charge < -0.3 is 10.5 Å². The summed E-state index contributed by atoms with van der Waals surface area (Å²) in [6.45, 7) is 9.45. The molecule has 3 atom stereocenters. The van der Waals surface area contributed by atoms with Crippen molar-refractivity contribution in [1.29, 1.82) is 0 Å². The number of hydrogen-bond acceptors (Lipinski definition) is 3. The lowest BCUT2D eigenvalue weighted by Crippen LogP contribution is -2.43. The zero-order chi connectivity index (χ0) is 14.5. The van der Waals surface area contributed by atoms with E-state index in [-0.39, 0.29) is 0 Å². The Labute approximate surface area is 123 Å². The maximum Gasteiger partial charge on any atom is 0.119 e. The van der Waals surface area contributed by atoms with E-state index in [1.54, 1.807) is 0 Å². The summed E-state index contributed by atoms with van der Waals surface area (Å²) in [5.41, 5.74) is 7.44. The van der Waals surface area contributed by atoms with Crippen molar-refractivity contribution in [3.8, 4) is 5.75 Å². The van der Waals surface area contributed by atoms with Gasteiger partial charge in [0.25, 0.3) is 0 Å². The Kier molecular flexibility index (Phi) is 5.44. The number of nitrogens with zero attached hydrogens (tertiary/aromatic N) is 1. The zero-order valence-corrected chi connectivity index (χ0v) is 13.0. The van der Waals surface area contributed by atoms with Gasteiger partial charge in [-0.2, -0.15) is 0 Å². The molecule has 112 valence electrons. The van der Waals surface area contributed by atoms with E-state index in [2.05, 4.69) is 43.0 Å². The van der Waals surface area contributed by atoms with Crippen molar-refractivity contribution in [3.63, 3.8) is 0 Å². The normalized spacial score (nSPS) is 23.3. The molecule has 1 aromatic carbocycles. The number of rotatable bonds is 5. The highest BCUT2D eigenvalue weighted by Gasteiger charge is 2.26. The number of likely N-dealkylation sites (tertiary alicyclic amines) is 1. The van der Waals surface area contributed by atoms with Crippen molar-refractivity contribution in [3.05, 3.63) is 29.8 Å². The summed E-state index contributed by atoms with van der Waals surface area (Å²) < 4.78 is 5.50. The van der Waals surface area contributed by atoms with Gasteiger partial charge in [0, 0.05) is 18.6 Å². The molecule has 3 nitrogen and oxygen atoms in total. The monoisotopic (exact) mass is 276 g/mol. The molecule has 0 saturated carbocycles. The molecule has 20 heavy (non-hydrogen) atoms. The molecule has 0 radical (unpaired) electrons. The Morgan fingerprint density at radius 1 is 1.30 bits per heavy atom. The Bertz CT molecular complexity index is 402. The first kappa shape index (κ1) is 15.3. The van der Waals surface area contributed by atoms with Crippen molar-refractivity contribution in [1.82, 2.24) is 4.90 Å².